The molecule has 0 rings (SSSR count). The van der Waals surface area contributed by atoms with Crippen LogP contribution in [0.5, 0.6) is 0 Å². The molecular weight excluding hydrogens is 196 g/mol. The highest BCUT2D eigenvalue weighted by Crippen LogP contribution is 2.13. The molecule has 52 valence electrons. The molecule has 0 saturated heterocycles. The van der Waals surface area contributed by atoms with Gasteiger partial charge in [0.2, 0.25) is 0 Å². The highest BCUT2D eigenvalue weighted by Gasteiger charge is 1.93. The molecule has 0 saturated carbocycles. The second-order valence-corrected chi connectivity index (χ2v) is 4.03. The van der Waals surface area contributed by atoms with Crippen molar-refractivity contribution in [2.75, 3.05) is 0 Å². The Morgan fingerprint density at radius 2 is 1.44 bits per heavy atom. The largest absolute Gasteiger partial charge is 0.383 e. The zero-order chi connectivity index (χ0) is 7.28. The minimum atomic E-state index is 0.207. The molecule has 9 heavy (non-hydrogen) atoms. The van der Waals surface area contributed by atoms with E-state index in [9.17, 15) is 0 Å². The summed E-state index contributed by atoms with van der Waals surface area (Å²) in [6.07, 6.45) is 0. The molecule has 7 heteroatoms. The molecule has 4 N–H and O–H groups in total. The Kier molecular flexibility index (Phi) is 5.50. The Morgan fingerprint density at radius 3 is 1.67 bits per heavy atom. The molecule has 0 aromatic carbocycles. The summed E-state index contributed by atoms with van der Waals surface area (Å²) < 4.78 is 5.07. The van der Waals surface area contributed by atoms with E-state index in [1.165, 1.54) is 0 Å². The zero-order valence-corrected chi connectivity index (χ0v) is 7.46. The third-order valence-corrected chi connectivity index (χ3v) is 1.51. The monoisotopic (exact) mass is 200 g/mol. The lowest BCUT2D eigenvalue weighted by Gasteiger charge is -1.94. The zero-order valence-electron chi connectivity index (χ0n) is 4.20. The maximum absolute atomic E-state index is 5.05. The normalized spacial score (nSPS) is 8.89. The van der Waals surface area contributed by atoms with E-state index >= 15 is 0 Å². The van der Waals surface area contributed by atoms with E-state index in [-0.39, 0.29) is 8.64 Å². The van der Waals surface area contributed by atoms with Gasteiger partial charge < -0.3 is 11.5 Å². The molecule has 0 fully saturated rings. The van der Waals surface area contributed by atoms with Crippen molar-refractivity contribution in [1.82, 2.24) is 0 Å². The minimum absolute atomic E-state index is 0.207. The van der Waals surface area contributed by atoms with Gasteiger partial charge in [0.25, 0.3) is 0 Å². The quantitative estimate of drug-likeness (QED) is 0.504. The molecule has 0 atom stereocenters. The van der Waals surface area contributed by atoms with Gasteiger partial charge in [0, 0.05) is 0 Å². The summed E-state index contributed by atoms with van der Waals surface area (Å²) in [7, 11) is 0. The summed E-state index contributed by atoms with van der Waals surface area (Å²) in [4.78, 5) is 0. The standard InChI is InChI=1S/C2H4N2OS4/c3-1(6)8-5-9-2(4)7/h(H2,3,6)(H2,4,7). The fourth-order valence-corrected chi connectivity index (χ4v) is 1.26. The van der Waals surface area contributed by atoms with E-state index in [1.54, 1.807) is 0 Å². The summed E-state index contributed by atoms with van der Waals surface area (Å²) in [6, 6.07) is 0. The summed E-state index contributed by atoms with van der Waals surface area (Å²) in [6.45, 7) is 0. The first kappa shape index (κ1) is 9.44. The van der Waals surface area contributed by atoms with E-state index in [4.69, 9.17) is 11.5 Å². The maximum atomic E-state index is 5.05. The molecule has 0 amide bonds. The molecule has 0 aromatic heterocycles. The lowest BCUT2D eigenvalue weighted by atomic mass is 11.5. The Labute approximate surface area is 72.3 Å². The van der Waals surface area contributed by atoms with Crippen molar-refractivity contribution in [3.63, 3.8) is 0 Å². The Morgan fingerprint density at radius 1 is 1.11 bits per heavy atom. The fraction of sp³-hybridized carbons (Fsp3) is 0. The van der Waals surface area contributed by atoms with E-state index in [2.05, 4.69) is 28.1 Å². The van der Waals surface area contributed by atoms with Gasteiger partial charge in [-0.15, -0.1) is 0 Å². The van der Waals surface area contributed by atoms with Crippen LogP contribution in [-0.4, -0.2) is 8.64 Å². The number of hydrogen-bond acceptors (Lipinski definition) is 5. The van der Waals surface area contributed by atoms with E-state index < -0.39 is 0 Å². The van der Waals surface area contributed by atoms with Crippen LogP contribution in [0.25, 0.3) is 0 Å². The third-order valence-electron chi connectivity index (χ3n) is 0.232. The number of hydrogen-bond donors (Lipinski definition) is 2. The van der Waals surface area contributed by atoms with Crippen LogP contribution in [-0.2, 0) is 3.63 Å². The first-order valence-corrected chi connectivity index (χ1v) is 4.03. The molecule has 0 aliphatic carbocycles. The molecule has 0 bridgehead atoms. The van der Waals surface area contributed by atoms with E-state index in [0.717, 1.165) is 24.1 Å². The second-order valence-electron chi connectivity index (χ2n) is 0.873. The van der Waals surface area contributed by atoms with Gasteiger partial charge >= 0.3 is 0 Å². The number of thiocarbonyl (C=S) groups is 2. The van der Waals surface area contributed by atoms with Crippen molar-refractivity contribution < 1.29 is 3.63 Å². The van der Waals surface area contributed by atoms with Gasteiger partial charge in [-0.3, -0.25) is 0 Å². The van der Waals surface area contributed by atoms with Gasteiger partial charge in [0.05, 0.1) is 24.1 Å². The van der Waals surface area contributed by atoms with Gasteiger partial charge in [-0.25, -0.2) is 3.63 Å². The van der Waals surface area contributed by atoms with Crippen LogP contribution < -0.4 is 11.5 Å². The van der Waals surface area contributed by atoms with Gasteiger partial charge in [-0.05, 0) is 0 Å². The molecule has 0 heterocycles. The van der Waals surface area contributed by atoms with E-state index in [0.29, 0.717) is 0 Å². The Hall–Kier alpha value is 0.440. The lowest BCUT2D eigenvalue weighted by Crippen LogP contribution is -2.04. The second kappa shape index (κ2) is 5.24. The van der Waals surface area contributed by atoms with Gasteiger partial charge in [-0.1, -0.05) is 24.4 Å². The van der Waals surface area contributed by atoms with Crippen LogP contribution in [0, 0.1) is 0 Å². The smallest absolute Gasteiger partial charge is 0.159 e. The summed E-state index contributed by atoms with van der Waals surface area (Å²) in [5, 5.41) is 0. The molecule has 0 aliphatic heterocycles. The van der Waals surface area contributed by atoms with Crippen molar-refractivity contribution in [3.8, 4) is 0 Å². The molecular formula is C2H4N2OS4. The van der Waals surface area contributed by atoms with Crippen molar-refractivity contribution >= 4 is 57.2 Å². The maximum Gasteiger partial charge on any atom is 0.159 e. The topological polar surface area (TPSA) is 61.3 Å². The highest BCUT2D eigenvalue weighted by atomic mass is 32.2. The van der Waals surface area contributed by atoms with Crippen LogP contribution in [0.4, 0.5) is 0 Å². The van der Waals surface area contributed by atoms with Crippen LogP contribution >= 0.6 is 48.5 Å². The average molecular weight is 200 g/mol. The van der Waals surface area contributed by atoms with Crippen LogP contribution in [0.2, 0.25) is 0 Å². The van der Waals surface area contributed by atoms with Crippen LogP contribution in [0.15, 0.2) is 0 Å². The molecule has 0 spiro atoms. The van der Waals surface area contributed by atoms with Gasteiger partial charge in [0.15, 0.2) is 8.64 Å². The first-order chi connectivity index (χ1) is 4.13. The minimum Gasteiger partial charge on any atom is -0.383 e. The van der Waals surface area contributed by atoms with Crippen LogP contribution in [0.3, 0.4) is 0 Å². The molecule has 0 aromatic rings. The third kappa shape index (κ3) is 8.44. The number of nitrogens with two attached hydrogens (primary N) is 2. The molecule has 0 aliphatic rings. The predicted octanol–water partition coefficient (Wildman–Crippen LogP) is 0.787. The van der Waals surface area contributed by atoms with E-state index in [1.807, 2.05) is 0 Å². The fourth-order valence-electron chi connectivity index (χ4n) is 0.0841. The van der Waals surface area contributed by atoms with Crippen LogP contribution in [0.1, 0.15) is 0 Å². The lowest BCUT2D eigenvalue weighted by molar-refractivity contribution is 0.779. The van der Waals surface area contributed by atoms with Crippen molar-refractivity contribution in [2.24, 2.45) is 11.5 Å². The van der Waals surface area contributed by atoms with Gasteiger partial charge in [0.1, 0.15) is 0 Å². The summed E-state index contributed by atoms with van der Waals surface area (Å²) >= 11 is 10.7. The first-order valence-electron chi connectivity index (χ1n) is 1.73. The van der Waals surface area contributed by atoms with Crippen molar-refractivity contribution in [2.45, 2.75) is 0 Å². The Bertz CT molecular complexity index is 112. The van der Waals surface area contributed by atoms with Gasteiger partial charge in [-0.2, -0.15) is 0 Å². The summed E-state index contributed by atoms with van der Waals surface area (Å²) in [5.74, 6) is 0. The SMILES string of the molecule is NC(=S)SOSC(N)=S. The Balaban J connectivity index is 3.10. The molecule has 0 unspecified atom stereocenters. The average Bonchev–Trinajstić information content (AvgIpc) is 1.63. The van der Waals surface area contributed by atoms with Crippen molar-refractivity contribution in [1.29, 1.82) is 0 Å². The highest BCUT2D eigenvalue weighted by molar-refractivity contribution is 8.29. The molecule has 0 radical (unpaired) electrons. The van der Waals surface area contributed by atoms with Crippen molar-refractivity contribution in [3.05, 3.63) is 0 Å². The molecule has 3 nitrogen and oxygen atoms in total. The predicted molar refractivity (Wildman–Crippen MR) is 49.8 cm³/mol. The summed E-state index contributed by atoms with van der Waals surface area (Å²) in [5.41, 5.74) is 10.1. The number of rotatable bonds is 2.